The summed E-state index contributed by atoms with van der Waals surface area (Å²) < 4.78 is 35.4. The number of esters is 1. The predicted molar refractivity (Wildman–Crippen MR) is 70.3 cm³/mol. The fraction of sp³-hybridized carbons (Fsp3) is 0.909. The number of rotatable bonds is 8. The molecule has 19 heavy (non-hydrogen) atoms. The van der Waals surface area contributed by atoms with Crippen molar-refractivity contribution >= 4 is 16.0 Å². The van der Waals surface area contributed by atoms with Crippen molar-refractivity contribution in [2.24, 2.45) is 0 Å². The number of carbonyl (C=O) groups excluding carboxylic acids is 1. The Morgan fingerprint density at radius 1 is 1.37 bits per heavy atom. The molecule has 1 heterocycles. The normalized spacial score (nSPS) is 17.3. The summed E-state index contributed by atoms with van der Waals surface area (Å²) in [6, 6.07) is 0. The topological polar surface area (TPSA) is 93.7 Å². The minimum absolute atomic E-state index is 0.138. The maximum atomic E-state index is 11.5. The number of piperidine rings is 1. The summed E-state index contributed by atoms with van der Waals surface area (Å²) in [6.07, 6.45) is 1.98. The molecule has 0 aromatic heterocycles. The second kappa shape index (κ2) is 8.47. The number of ether oxygens (including phenoxy) is 2. The Balaban J connectivity index is 2.11. The van der Waals surface area contributed by atoms with Crippen LogP contribution in [0, 0.1) is 0 Å². The Labute approximate surface area is 114 Å². The van der Waals surface area contributed by atoms with Crippen molar-refractivity contribution in [3.63, 3.8) is 0 Å². The van der Waals surface area contributed by atoms with Crippen LogP contribution in [0.4, 0.5) is 0 Å². The van der Waals surface area contributed by atoms with Gasteiger partial charge in [-0.3, -0.25) is 4.79 Å². The molecule has 0 aliphatic carbocycles. The van der Waals surface area contributed by atoms with Crippen LogP contribution in [0.25, 0.3) is 0 Å². The first-order valence-electron chi connectivity index (χ1n) is 6.40. The zero-order valence-electron chi connectivity index (χ0n) is 11.2. The minimum Gasteiger partial charge on any atom is -0.469 e. The largest absolute Gasteiger partial charge is 0.469 e. The van der Waals surface area contributed by atoms with E-state index >= 15 is 0 Å². The van der Waals surface area contributed by atoms with Gasteiger partial charge in [-0.25, -0.2) is 13.1 Å². The second-order valence-corrected chi connectivity index (χ2v) is 6.29. The van der Waals surface area contributed by atoms with Crippen molar-refractivity contribution in [2.75, 3.05) is 39.1 Å². The lowest BCUT2D eigenvalue weighted by Gasteiger charge is -2.22. The van der Waals surface area contributed by atoms with Crippen molar-refractivity contribution in [3.8, 4) is 0 Å². The van der Waals surface area contributed by atoms with E-state index in [1.165, 1.54) is 7.11 Å². The summed E-state index contributed by atoms with van der Waals surface area (Å²) >= 11 is 0. The first-order chi connectivity index (χ1) is 9.03. The van der Waals surface area contributed by atoms with Gasteiger partial charge in [-0.2, -0.15) is 0 Å². The van der Waals surface area contributed by atoms with Gasteiger partial charge in [0.25, 0.3) is 0 Å². The Morgan fingerprint density at radius 2 is 2.05 bits per heavy atom. The van der Waals surface area contributed by atoms with Gasteiger partial charge in [0.05, 0.1) is 32.0 Å². The molecule has 0 aromatic rings. The van der Waals surface area contributed by atoms with E-state index in [2.05, 4.69) is 14.8 Å². The third-order valence-corrected chi connectivity index (χ3v) is 4.25. The molecule has 0 aromatic carbocycles. The number of hydrogen-bond acceptors (Lipinski definition) is 6. The van der Waals surface area contributed by atoms with Crippen molar-refractivity contribution in [1.29, 1.82) is 0 Å². The lowest BCUT2D eigenvalue weighted by Crippen LogP contribution is -2.35. The highest BCUT2D eigenvalue weighted by molar-refractivity contribution is 7.89. The van der Waals surface area contributed by atoms with Crippen molar-refractivity contribution in [1.82, 2.24) is 10.0 Å². The zero-order chi connectivity index (χ0) is 14.1. The van der Waals surface area contributed by atoms with Crippen LogP contribution in [-0.4, -0.2) is 59.6 Å². The third-order valence-electron chi connectivity index (χ3n) is 2.87. The van der Waals surface area contributed by atoms with E-state index in [1.54, 1.807) is 0 Å². The lowest BCUT2D eigenvalue weighted by atomic mass is 10.1. The van der Waals surface area contributed by atoms with Gasteiger partial charge >= 0.3 is 5.97 Å². The lowest BCUT2D eigenvalue weighted by molar-refractivity contribution is -0.140. The standard InChI is InChI=1S/C11H22N2O5S/c1-17-11(14)4-9-19(15,16)13-7-8-18-10-2-5-12-6-3-10/h10,12-13H,2-9H2,1H3. The number of hydrogen-bond donors (Lipinski definition) is 2. The van der Waals surface area contributed by atoms with Gasteiger partial charge in [-0.15, -0.1) is 0 Å². The van der Waals surface area contributed by atoms with Crippen molar-refractivity contribution in [2.45, 2.75) is 25.4 Å². The highest BCUT2D eigenvalue weighted by Gasteiger charge is 2.15. The SMILES string of the molecule is COC(=O)CCS(=O)(=O)NCCOC1CCNCC1. The number of sulfonamides is 1. The average molecular weight is 294 g/mol. The molecule has 1 saturated heterocycles. The molecule has 0 bridgehead atoms. The highest BCUT2D eigenvalue weighted by atomic mass is 32.2. The summed E-state index contributed by atoms with van der Waals surface area (Å²) in [6.45, 7) is 2.46. The van der Waals surface area contributed by atoms with E-state index in [0.717, 1.165) is 25.9 Å². The van der Waals surface area contributed by atoms with Crippen molar-refractivity contribution < 1.29 is 22.7 Å². The maximum Gasteiger partial charge on any atom is 0.306 e. The molecule has 112 valence electrons. The van der Waals surface area contributed by atoms with E-state index in [1.807, 2.05) is 0 Å². The van der Waals surface area contributed by atoms with Crippen LogP contribution in [0.3, 0.4) is 0 Å². The number of nitrogens with one attached hydrogen (secondary N) is 2. The Bertz CT molecular complexity index is 365. The zero-order valence-corrected chi connectivity index (χ0v) is 12.0. The van der Waals surface area contributed by atoms with Crippen LogP contribution in [0.5, 0.6) is 0 Å². The maximum absolute atomic E-state index is 11.5. The van der Waals surface area contributed by atoms with Crippen LogP contribution in [-0.2, 0) is 24.3 Å². The summed E-state index contributed by atoms with van der Waals surface area (Å²) in [4.78, 5) is 10.8. The van der Waals surface area contributed by atoms with E-state index in [9.17, 15) is 13.2 Å². The van der Waals surface area contributed by atoms with E-state index in [4.69, 9.17) is 4.74 Å². The Morgan fingerprint density at radius 3 is 2.68 bits per heavy atom. The summed E-state index contributed by atoms with van der Waals surface area (Å²) in [5.74, 6) is -0.788. The molecule has 0 unspecified atom stereocenters. The van der Waals surface area contributed by atoms with Crippen LogP contribution in [0.15, 0.2) is 0 Å². The first-order valence-corrected chi connectivity index (χ1v) is 8.05. The molecule has 1 fully saturated rings. The summed E-state index contributed by atoms with van der Waals surface area (Å²) in [5, 5.41) is 3.23. The quantitative estimate of drug-likeness (QED) is 0.451. The van der Waals surface area contributed by atoms with Crippen LogP contribution < -0.4 is 10.0 Å². The molecular weight excluding hydrogens is 272 g/mol. The molecule has 0 atom stereocenters. The summed E-state index contributed by atoms with van der Waals surface area (Å²) in [7, 11) is -2.20. The fourth-order valence-electron chi connectivity index (χ4n) is 1.78. The van der Waals surface area contributed by atoms with Crippen LogP contribution >= 0.6 is 0 Å². The number of methoxy groups -OCH3 is 1. The van der Waals surface area contributed by atoms with Gasteiger partial charge in [0, 0.05) is 6.54 Å². The van der Waals surface area contributed by atoms with Gasteiger partial charge in [-0.05, 0) is 25.9 Å². The van der Waals surface area contributed by atoms with Crippen LogP contribution in [0.2, 0.25) is 0 Å². The highest BCUT2D eigenvalue weighted by Crippen LogP contribution is 2.06. The molecule has 8 heteroatoms. The van der Waals surface area contributed by atoms with Gasteiger partial charge in [0.15, 0.2) is 0 Å². The third kappa shape index (κ3) is 7.46. The molecule has 0 spiro atoms. The molecule has 0 saturated carbocycles. The Kier molecular flexibility index (Phi) is 7.29. The molecule has 0 amide bonds. The molecule has 1 rings (SSSR count). The molecule has 0 radical (unpaired) electrons. The fourth-order valence-corrected chi connectivity index (χ4v) is 2.75. The molecule has 7 nitrogen and oxygen atoms in total. The summed E-state index contributed by atoms with van der Waals surface area (Å²) in [5.41, 5.74) is 0. The average Bonchev–Trinajstić information content (AvgIpc) is 2.42. The second-order valence-electron chi connectivity index (χ2n) is 4.36. The van der Waals surface area contributed by atoms with Crippen molar-refractivity contribution in [3.05, 3.63) is 0 Å². The Hall–Kier alpha value is -0.700. The first kappa shape index (κ1) is 16.4. The predicted octanol–water partition coefficient (Wildman–Crippen LogP) is -0.762. The van der Waals surface area contributed by atoms with Gasteiger partial charge in [-0.1, -0.05) is 0 Å². The van der Waals surface area contributed by atoms with E-state index < -0.39 is 16.0 Å². The van der Waals surface area contributed by atoms with Crippen LogP contribution in [0.1, 0.15) is 19.3 Å². The van der Waals surface area contributed by atoms with E-state index in [-0.39, 0.29) is 24.8 Å². The smallest absolute Gasteiger partial charge is 0.306 e. The van der Waals surface area contributed by atoms with Gasteiger partial charge < -0.3 is 14.8 Å². The molecule has 1 aliphatic rings. The number of carbonyl (C=O) groups is 1. The van der Waals surface area contributed by atoms with Gasteiger partial charge in [0.2, 0.25) is 10.0 Å². The molecule has 2 N–H and O–H groups in total. The van der Waals surface area contributed by atoms with E-state index in [0.29, 0.717) is 6.61 Å². The van der Waals surface area contributed by atoms with Gasteiger partial charge in [0.1, 0.15) is 0 Å². The molecule has 1 aliphatic heterocycles. The monoisotopic (exact) mass is 294 g/mol. The minimum atomic E-state index is -3.43. The molecular formula is C11H22N2O5S.